The number of benzene rings is 2. The number of hydrogen-bond acceptors (Lipinski definition) is 5. The van der Waals surface area contributed by atoms with Crippen molar-refractivity contribution in [3.63, 3.8) is 0 Å². The second-order valence-electron chi connectivity index (χ2n) is 7.62. The molecule has 7 nitrogen and oxygen atoms in total. The lowest BCUT2D eigenvalue weighted by Gasteiger charge is -2.36. The second kappa shape index (κ2) is 10.4. The Labute approximate surface area is 189 Å². The van der Waals surface area contributed by atoms with Crippen LogP contribution >= 0.6 is 0 Å². The van der Waals surface area contributed by atoms with Gasteiger partial charge in [0.05, 0.1) is 21.8 Å². The average molecular weight is 463 g/mol. The molecule has 9 heteroatoms. The van der Waals surface area contributed by atoms with E-state index in [-0.39, 0.29) is 10.5 Å². The summed E-state index contributed by atoms with van der Waals surface area (Å²) in [4.78, 5) is 17.4. The first kappa shape index (κ1) is 24.2. The minimum absolute atomic E-state index is 0.0914. The molecule has 0 unspecified atom stereocenters. The second-order valence-corrected chi connectivity index (χ2v) is 9.56. The van der Waals surface area contributed by atoms with E-state index in [1.165, 1.54) is 28.6 Å². The maximum Gasteiger partial charge on any atom is 0.258 e. The van der Waals surface area contributed by atoms with Gasteiger partial charge >= 0.3 is 0 Å². The molecule has 0 spiro atoms. The van der Waals surface area contributed by atoms with Gasteiger partial charge in [0.25, 0.3) is 5.91 Å². The third-order valence-electron chi connectivity index (χ3n) is 5.84. The van der Waals surface area contributed by atoms with Gasteiger partial charge in [0.1, 0.15) is 5.82 Å². The number of sulfonamides is 1. The first-order chi connectivity index (χ1) is 15.3. The molecule has 0 radical (unpaired) electrons. The molecule has 1 saturated heterocycles. The third kappa shape index (κ3) is 5.11. The maximum absolute atomic E-state index is 14.2. The van der Waals surface area contributed by atoms with Crippen molar-refractivity contribution in [1.82, 2.24) is 9.21 Å². The summed E-state index contributed by atoms with van der Waals surface area (Å²) in [7, 11) is -3.71. The van der Waals surface area contributed by atoms with Crippen LogP contribution in [0.2, 0.25) is 0 Å². The Morgan fingerprint density at radius 3 is 2.28 bits per heavy atom. The number of nitrogens with one attached hydrogen (secondary N) is 1. The van der Waals surface area contributed by atoms with Gasteiger partial charge in [-0.25, -0.2) is 12.8 Å². The summed E-state index contributed by atoms with van der Waals surface area (Å²) < 4.78 is 41.7. The lowest BCUT2D eigenvalue weighted by Crippen LogP contribution is -2.46. The quantitative estimate of drug-likeness (QED) is 0.652. The van der Waals surface area contributed by atoms with Crippen molar-refractivity contribution in [2.75, 3.05) is 56.0 Å². The minimum atomic E-state index is -3.71. The van der Waals surface area contributed by atoms with E-state index in [9.17, 15) is 17.6 Å². The molecule has 1 fully saturated rings. The maximum atomic E-state index is 14.2. The van der Waals surface area contributed by atoms with Gasteiger partial charge in [-0.15, -0.1) is 0 Å². The van der Waals surface area contributed by atoms with Crippen LogP contribution in [0.3, 0.4) is 0 Å². The van der Waals surface area contributed by atoms with Crippen molar-refractivity contribution < 1.29 is 17.6 Å². The molecule has 0 aromatic heterocycles. The zero-order valence-corrected chi connectivity index (χ0v) is 19.7. The fraction of sp³-hybridized carbons (Fsp3) is 0.435. The molecule has 0 saturated carbocycles. The molecular formula is C23H31FN4O3S. The van der Waals surface area contributed by atoms with E-state index in [1.807, 2.05) is 0 Å². The molecule has 1 aliphatic heterocycles. The Balaban J connectivity index is 2.00. The number of rotatable bonds is 8. The van der Waals surface area contributed by atoms with Gasteiger partial charge in [-0.05, 0) is 36.9 Å². The summed E-state index contributed by atoms with van der Waals surface area (Å²) >= 11 is 0. The van der Waals surface area contributed by atoms with E-state index in [2.05, 4.69) is 22.0 Å². The van der Waals surface area contributed by atoms with Crippen LogP contribution < -0.4 is 10.2 Å². The third-order valence-corrected chi connectivity index (χ3v) is 7.88. The van der Waals surface area contributed by atoms with Crippen LogP contribution in [0.5, 0.6) is 0 Å². The predicted molar refractivity (Wildman–Crippen MR) is 125 cm³/mol. The first-order valence-corrected chi connectivity index (χ1v) is 12.4. The zero-order chi connectivity index (χ0) is 23.3. The van der Waals surface area contributed by atoms with E-state index >= 15 is 0 Å². The highest BCUT2D eigenvalue weighted by atomic mass is 32.2. The van der Waals surface area contributed by atoms with Gasteiger partial charge < -0.3 is 15.1 Å². The molecule has 3 rings (SSSR count). The monoisotopic (exact) mass is 462 g/mol. The predicted octanol–water partition coefficient (Wildman–Crippen LogP) is 3.25. The average Bonchev–Trinajstić information content (AvgIpc) is 2.80. The van der Waals surface area contributed by atoms with Gasteiger partial charge in [-0.3, -0.25) is 4.79 Å². The number of piperazine rings is 1. The van der Waals surface area contributed by atoms with E-state index in [0.29, 0.717) is 18.8 Å². The van der Waals surface area contributed by atoms with Crippen molar-refractivity contribution in [2.24, 2.45) is 0 Å². The Bertz CT molecular complexity index is 1050. The molecule has 2 aromatic rings. The highest BCUT2D eigenvalue weighted by Crippen LogP contribution is 2.31. The summed E-state index contributed by atoms with van der Waals surface area (Å²) in [5.74, 6) is -1.25. The van der Waals surface area contributed by atoms with Gasteiger partial charge in [0.15, 0.2) is 0 Å². The van der Waals surface area contributed by atoms with E-state index in [0.717, 1.165) is 38.4 Å². The fourth-order valence-corrected chi connectivity index (χ4v) is 5.39. The van der Waals surface area contributed by atoms with Gasteiger partial charge in [-0.1, -0.05) is 32.9 Å². The number of amides is 1. The van der Waals surface area contributed by atoms with Gasteiger partial charge in [-0.2, -0.15) is 4.31 Å². The molecule has 0 atom stereocenters. The summed E-state index contributed by atoms with van der Waals surface area (Å²) in [5, 5.41) is 2.76. The van der Waals surface area contributed by atoms with Crippen LogP contribution in [-0.2, 0) is 10.0 Å². The zero-order valence-electron chi connectivity index (χ0n) is 18.8. The Morgan fingerprint density at radius 1 is 1.03 bits per heavy atom. The minimum Gasteiger partial charge on any atom is -0.367 e. The molecule has 174 valence electrons. The highest BCUT2D eigenvalue weighted by Gasteiger charge is 2.26. The van der Waals surface area contributed by atoms with Crippen molar-refractivity contribution >= 4 is 27.3 Å². The van der Waals surface area contributed by atoms with Gasteiger partial charge in [0, 0.05) is 39.3 Å². The number of likely N-dealkylation sites (N-methyl/N-ethyl adjacent to an activating group) is 1. The molecule has 2 aromatic carbocycles. The van der Waals surface area contributed by atoms with Crippen LogP contribution in [0.15, 0.2) is 47.4 Å². The summed E-state index contributed by atoms with van der Waals surface area (Å²) in [6, 6.07) is 10.5. The Hall–Kier alpha value is -2.49. The lowest BCUT2D eigenvalue weighted by atomic mass is 10.1. The summed E-state index contributed by atoms with van der Waals surface area (Å²) in [6.07, 6.45) is 0. The standard InChI is InChI=1S/C23H31FN4O3S/c1-4-26-13-15-27(16-14-26)22-12-11-18(32(30,31)28(5-2)6-3)17-21(22)25-23(29)19-9-7-8-10-20(19)24/h7-12,17H,4-6,13-16H2,1-3H3,(H,25,29). The number of carbonyl (C=O) groups excluding carboxylic acids is 1. The van der Waals surface area contributed by atoms with Crippen molar-refractivity contribution in [3.05, 3.63) is 53.8 Å². The molecule has 1 heterocycles. The first-order valence-electron chi connectivity index (χ1n) is 11.0. The topological polar surface area (TPSA) is 73.0 Å². The normalized spacial score (nSPS) is 15.2. The number of carbonyl (C=O) groups is 1. The molecular weight excluding hydrogens is 431 g/mol. The smallest absolute Gasteiger partial charge is 0.258 e. The van der Waals surface area contributed by atoms with Crippen LogP contribution in [0.4, 0.5) is 15.8 Å². The molecule has 1 amide bonds. The van der Waals surface area contributed by atoms with E-state index in [1.54, 1.807) is 32.0 Å². The van der Waals surface area contributed by atoms with E-state index < -0.39 is 21.7 Å². The summed E-state index contributed by atoms with van der Waals surface area (Å²) in [5.41, 5.74) is 0.992. The van der Waals surface area contributed by atoms with E-state index in [4.69, 9.17) is 0 Å². The van der Waals surface area contributed by atoms with Crippen molar-refractivity contribution in [3.8, 4) is 0 Å². The lowest BCUT2D eigenvalue weighted by molar-refractivity contribution is 0.102. The Morgan fingerprint density at radius 2 is 1.69 bits per heavy atom. The highest BCUT2D eigenvalue weighted by molar-refractivity contribution is 7.89. The van der Waals surface area contributed by atoms with Crippen molar-refractivity contribution in [2.45, 2.75) is 25.7 Å². The summed E-state index contributed by atoms with van der Waals surface area (Å²) in [6.45, 7) is 10.6. The van der Waals surface area contributed by atoms with Crippen LogP contribution in [0.25, 0.3) is 0 Å². The number of nitrogens with zero attached hydrogens (tertiary/aromatic N) is 3. The van der Waals surface area contributed by atoms with Crippen LogP contribution in [-0.4, -0.2) is 69.3 Å². The van der Waals surface area contributed by atoms with Gasteiger partial charge in [0.2, 0.25) is 10.0 Å². The fourth-order valence-electron chi connectivity index (χ4n) is 3.90. The molecule has 1 aliphatic rings. The van der Waals surface area contributed by atoms with Crippen LogP contribution in [0.1, 0.15) is 31.1 Å². The van der Waals surface area contributed by atoms with Crippen LogP contribution in [0, 0.1) is 5.82 Å². The number of anilines is 2. The molecule has 32 heavy (non-hydrogen) atoms. The molecule has 1 N–H and O–H groups in total. The SMILES string of the molecule is CCN1CCN(c2ccc(S(=O)(=O)N(CC)CC)cc2NC(=O)c2ccccc2F)CC1. The molecule has 0 aliphatic carbocycles. The largest absolute Gasteiger partial charge is 0.367 e. The molecule has 0 bridgehead atoms. The van der Waals surface area contributed by atoms with Crippen molar-refractivity contribution in [1.29, 1.82) is 0 Å². The Kier molecular flexibility index (Phi) is 7.86. The number of halogens is 1. The number of hydrogen-bond donors (Lipinski definition) is 1.